The Labute approximate surface area is 114 Å². The highest BCUT2D eigenvalue weighted by Crippen LogP contribution is 2.20. The van der Waals surface area contributed by atoms with Crippen LogP contribution >= 0.6 is 0 Å². The molecule has 0 unspecified atom stereocenters. The maximum Gasteiger partial charge on any atom is 0.405 e. The predicted octanol–water partition coefficient (Wildman–Crippen LogP) is 2.76. The van der Waals surface area contributed by atoms with Crippen LogP contribution in [0.25, 0.3) is 0 Å². The van der Waals surface area contributed by atoms with Crippen molar-refractivity contribution >= 4 is 5.91 Å². The first kappa shape index (κ1) is 14.2. The minimum Gasteiger partial charge on any atom is -0.345 e. The molecule has 1 heterocycles. The number of rotatable bonds is 4. The number of hydrogen-bond donors (Lipinski definition) is 1. The lowest BCUT2D eigenvalue weighted by Crippen LogP contribution is -2.38. The summed E-state index contributed by atoms with van der Waals surface area (Å²) >= 11 is 0. The van der Waals surface area contributed by atoms with Gasteiger partial charge in [0.2, 0.25) is 5.91 Å². The fourth-order valence-electron chi connectivity index (χ4n) is 1.90. The van der Waals surface area contributed by atoms with Crippen LogP contribution in [0.4, 0.5) is 13.2 Å². The Hall–Kier alpha value is -2.24. The Morgan fingerprint density at radius 3 is 2.25 bits per heavy atom. The van der Waals surface area contributed by atoms with E-state index in [1.54, 1.807) is 59.4 Å². The lowest BCUT2D eigenvalue weighted by atomic mass is 10.1. The molecule has 20 heavy (non-hydrogen) atoms. The Morgan fingerprint density at radius 2 is 1.70 bits per heavy atom. The highest BCUT2D eigenvalue weighted by Gasteiger charge is 2.30. The standard InChI is InChI=1S/C14H13F3N2O/c15-14(16,17)10-18-13(20)12(19-8-4-5-9-19)11-6-2-1-3-7-11/h1-9,12H,10H2,(H,18,20)/t12-/m0/s1. The molecule has 0 bridgehead atoms. The molecule has 0 radical (unpaired) electrons. The maximum atomic E-state index is 12.2. The van der Waals surface area contributed by atoms with Crippen LogP contribution in [0.2, 0.25) is 0 Å². The van der Waals surface area contributed by atoms with Gasteiger partial charge in [0.1, 0.15) is 12.6 Å². The number of halogens is 3. The average Bonchev–Trinajstić information content (AvgIpc) is 2.91. The smallest absolute Gasteiger partial charge is 0.345 e. The van der Waals surface area contributed by atoms with Gasteiger partial charge in [0.25, 0.3) is 0 Å². The second-order valence-electron chi connectivity index (χ2n) is 4.28. The van der Waals surface area contributed by atoms with E-state index in [9.17, 15) is 18.0 Å². The van der Waals surface area contributed by atoms with Crippen molar-refractivity contribution in [2.45, 2.75) is 12.2 Å². The van der Waals surface area contributed by atoms with Crippen molar-refractivity contribution in [2.75, 3.05) is 6.54 Å². The molecule has 1 N–H and O–H groups in total. The molecule has 6 heteroatoms. The van der Waals surface area contributed by atoms with Gasteiger partial charge in [-0.25, -0.2) is 0 Å². The molecule has 2 rings (SSSR count). The SMILES string of the molecule is O=C(NCC(F)(F)F)[C@H](c1ccccc1)n1cccc1. The van der Waals surface area contributed by atoms with Gasteiger partial charge in [-0.15, -0.1) is 0 Å². The van der Waals surface area contributed by atoms with E-state index in [4.69, 9.17) is 0 Å². The largest absolute Gasteiger partial charge is 0.405 e. The van der Waals surface area contributed by atoms with E-state index < -0.39 is 24.7 Å². The molecule has 0 fully saturated rings. The molecule has 1 aromatic carbocycles. The molecule has 1 aromatic heterocycles. The first-order chi connectivity index (χ1) is 9.47. The van der Waals surface area contributed by atoms with Gasteiger partial charge in [-0.3, -0.25) is 4.79 Å². The summed E-state index contributed by atoms with van der Waals surface area (Å²) in [6.07, 6.45) is -1.14. The van der Waals surface area contributed by atoms with Crippen LogP contribution in [0.15, 0.2) is 54.9 Å². The summed E-state index contributed by atoms with van der Waals surface area (Å²) in [5.41, 5.74) is 0.628. The maximum absolute atomic E-state index is 12.2. The molecular weight excluding hydrogens is 269 g/mol. The Balaban J connectivity index is 2.22. The third kappa shape index (κ3) is 3.63. The molecule has 0 spiro atoms. The number of aromatic nitrogens is 1. The lowest BCUT2D eigenvalue weighted by Gasteiger charge is -2.19. The van der Waals surface area contributed by atoms with Crippen molar-refractivity contribution in [3.63, 3.8) is 0 Å². The van der Waals surface area contributed by atoms with Crippen LogP contribution < -0.4 is 5.32 Å². The first-order valence-electron chi connectivity index (χ1n) is 5.99. The minimum atomic E-state index is -4.42. The molecule has 0 aliphatic heterocycles. The van der Waals surface area contributed by atoms with Crippen molar-refractivity contribution in [3.8, 4) is 0 Å². The fourth-order valence-corrected chi connectivity index (χ4v) is 1.90. The molecule has 1 amide bonds. The van der Waals surface area contributed by atoms with E-state index in [2.05, 4.69) is 0 Å². The average molecular weight is 282 g/mol. The zero-order valence-corrected chi connectivity index (χ0v) is 10.5. The van der Waals surface area contributed by atoms with E-state index in [0.717, 1.165) is 0 Å². The Morgan fingerprint density at radius 1 is 1.10 bits per heavy atom. The van der Waals surface area contributed by atoms with Crippen LogP contribution in [0.3, 0.4) is 0 Å². The third-order valence-corrected chi connectivity index (χ3v) is 2.75. The monoisotopic (exact) mass is 282 g/mol. The number of carbonyl (C=O) groups is 1. The second-order valence-corrected chi connectivity index (χ2v) is 4.28. The Kier molecular flexibility index (Phi) is 4.12. The zero-order chi connectivity index (χ0) is 14.6. The van der Waals surface area contributed by atoms with E-state index >= 15 is 0 Å². The Bertz CT molecular complexity index is 550. The number of nitrogens with zero attached hydrogens (tertiary/aromatic N) is 1. The van der Waals surface area contributed by atoms with Gasteiger partial charge >= 0.3 is 6.18 Å². The van der Waals surface area contributed by atoms with Crippen LogP contribution in [-0.4, -0.2) is 23.2 Å². The van der Waals surface area contributed by atoms with Gasteiger partial charge in [0, 0.05) is 12.4 Å². The summed E-state index contributed by atoms with van der Waals surface area (Å²) in [6, 6.07) is 11.3. The first-order valence-corrected chi connectivity index (χ1v) is 5.99. The molecular formula is C14H13F3N2O. The molecule has 0 aliphatic rings. The fraction of sp³-hybridized carbons (Fsp3) is 0.214. The van der Waals surface area contributed by atoms with Crippen LogP contribution in [0, 0.1) is 0 Å². The molecule has 0 saturated heterocycles. The van der Waals surface area contributed by atoms with Crippen molar-refractivity contribution in [3.05, 3.63) is 60.4 Å². The number of hydrogen-bond acceptors (Lipinski definition) is 1. The van der Waals surface area contributed by atoms with Crippen LogP contribution in [-0.2, 0) is 4.79 Å². The van der Waals surface area contributed by atoms with Gasteiger partial charge in [0.05, 0.1) is 0 Å². The molecule has 1 atom stereocenters. The van der Waals surface area contributed by atoms with Gasteiger partial charge in [0.15, 0.2) is 0 Å². The van der Waals surface area contributed by atoms with Crippen molar-refractivity contribution in [1.82, 2.24) is 9.88 Å². The van der Waals surface area contributed by atoms with Crippen molar-refractivity contribution in [2.24, 2.45) is 0 Å². The topological polar surface area (TPSA) is 34.0 Å². The normalized spacial score (nSPS) is 12.9. The highest BCUT2D eigenvalue weighted by atomic mass is 19.4. The quantitative estimate of drug-likeness (QED) is 0.919. The van der Waals surface area contributed by atoms with Gasteiger partial charge in [-0.05, 0) is 17.7 Å². The number of benzene rings is 1. The molecule has 0 aliphatic carbocycles. The van der Waals surface area contributed by atoms with Gasteiger partial charge in [-0.1, -0.05) is 30.3 Å². The summed E-state index contributed by atoms with van der Waals surface area (Å²) in [5, 5.41) is 1.92. The lowest BCUT2D eigenvalue weighted by molar-refractivity contribution is -0.139. The minimum absolute atomic E-state index is 0.628. The van der Waals surface area contributed by atoms with Gasteiger partial charge in [-0.2, -0.15) is 13.2 Å². The summed E-state index contributed by atoms with van der Waals surface area (Å²) in [5.74, 6) is -0.690. The van der Waals surface area contributed by atoms with Gasteiger partial charge < -0.3 is 9.88 Å². The molecule has 106 valence electrons. The summed E-state index contributed by atoms with van der Waals surface area (Å²) in [7, 11) is 0. The van der Waals surface area contributed by atoms with E-state index in [0.29, 0.717) is 5.56 Å². The summed E-state index contributed by atoms with van der Waals surface area (Å²) in [6.45, 7) is -1.34. The predicted molar refractivity (Wildman–Crippen MR) is 68.1 cm³/mol. The number of carbonyl (C=O) groups excluding carboxylic acids is 1. The number of alkyl halides is 3. The van der Waals surface area contributed by atoms with Crippen molar-refractivity contribution in [1.29, 1.82) is 0 Å². The number of nitrogens with one attached hydrogen (secondary N) is 1. The molecule has 0 saturated carbocycles. The third-order valence-electron chi connectivity index (χ3n) is 2.75. The number of amides is 1. The van der Waals surface area contributed by atoms with E-state index in [1.807, 2.05) is 5.32 Å². The second kappa shape index (κ2) is 5.81. The summed E-state index contributed by atoms with van der Waals surface area (Å²) in [4.78, 5) is 12.1. The van der Waals surface area contributed by atoms with Crippen LogP contribution in [0.1, 0.15) is 11.6 Å². The van der Waals surface area contributed by atoms with Crippen molar-refractivity contribution < 1.29 is 18.0 Å². The zero-order valence-electron chi connectivity index (χ0n) is 10.5. The summed E-state index contributed by atoms with van der Waals surface area (Å²) < 4.78 is 38.2. The molecule has 3 nitrogen and oxygen atoms in total. The van der Waals surface area contributed by atoms with E-state index in [-0.39, 0.29) is 0 Å². The van der Waals surface area contributed by atoms with Crippen LogP contribution in [0.5, 0.6) is 0 Å². The highest BCUT2D eigenvalue weighted by molar-refractivity contribution is 5.83. The molecule has 2 aromatic rings. The van der Waals surface area contributed by atoms with E-state index in [1.165, 1.54) is 0 Å².